The van der Waals surface area contributed by atoms with Crippen LogP contribution in [-0.4, -0.2) is 38.7 Å². The van der Waals surface area contributed by atoms with E-state index in [1.54, 1.807) is 44.4 Å². The van der Waals surface area contributed by atoms with Crippen LogP contribution in [0, 0.1) is 0 Å². The molecule has 0 aliphatic heterocycles. The van der Waals surface area contributed by atoms with E-state index in [1.807, 2.05) is 48.5 Å². The minimum Gasteiger partial charge on any atom is -0.497 e. The molecule has 0 aromatic heterocycles. The zero-order valence-electron chi connectivity index (χ0n) is 18.1. The fourth-order valence-electron chi connectivity index (χ4n) is 3.20. The molecule has 0 bridgehead atoms. The highest BCUT2D eigenvalue weighted by molar-refractivity contribution is 5.92. The van der Waals surface area contributed by atoms with Gasteiger partial charge in [0.2, 0.25) is 5.91 Å². The van der Waals surface area contributed by atoms with Gasteiger partial charge in [-0.1, -0.05) is 36.9 Å². The molecule has 0 aliphatic rings. The summed E-state index contributed by atoms with van der Waals surface area (Å²) in [7, 11) is 5.03. The molecule has 1 amide bonds. The number of hydrogen-bond donors (Lipinski definition) is 0. The van der Waals surface area contributed by atoms with Gasteiger partial charge in [-0.05, 0) is 58.3 Å². The summed E-state index contributed by atoms with van der Waals surface area (Å²) >= 11 is 0. The van der Waals surface area contributed by atoms with Crippen molar-refractivity contribution in [1.82, 2.24) is 4.90 Å². The first-order valence-electron chi connectivity index (χ1n) is 9.95. The lowest BCUT2D eigenvalue weighted by atomic mass is 10.1. The van der Waals surface area contributed by atoms with Crippen molar-refractivity contribution in [2.75, 3.05) is 27.9 Å². The largest absolute Gasteiger partial charge is 0.497 e. The minimum absolute atomic E-state index is 0.0826. The molecule has 0 saturated heterocycles. The highest BCUT2D eigenvalue weighted by atomic mass is 16.5. The second-order valence-corrected chi connectivity index (χ2v) is 7.09. The summed E-state index contributed by atoms with van der Waals surface area (Å²) in [5.74, 6) is 1.99. The van der Waals surface area contributed by atoms with Crippen LogP contribution in [0.15, 0.2) is 73.3 Å². The van der Waals surface area contributed by atoms with Crippen LogP contribution in [0.25, 0.3) is 16.8 Å². The molecule has 3 aromatic carbocycles. The average molecular weight is 418 g/mol. The Labute approximate surface area is 183 Å². The van der Waals surface area contributed by atoms with Gasteiger partial charge in [0.15, 0.2) is 11.5 Å². The van der Waals surface area contributed by atoms with Crippen molar-refractivity contribution < 1.29 is 19.0 Å². The molecule has 0 spiro atoms. The Balaban J connectivity index is 1.66. The van der Waals surface area contributed by atoms with E-state index in [2.05, 4.69) is 12.6 Å². The van der Waals surface area contributed by atoms with E-state index in [9.17, 15) is 4.79 Å². The summed E-state index contributed by atoms with van der Waals surface area (Å²) in [5, 5.41) is 2.21. The molecule has 0 N–H and O–H groups in total. The summed E-state index contributed by atoms with van der Waals surface area (Å²) in [6.07, 6.45) is 5.00. The zero-order valence-corrected chi connectivity index (χ0v) is 18.1. The normalized spacial score (nSPS) is 10.8. The summed E-state index contributed by atoms with van der Waals surface area (Å²) in [5.41, 5.74) is 1.91. The van der Waals surface area contributed by atoms with Crippen LogP contribution in [0.4, 0.5) is 0 Å². The maximum absolute atomic E-state index is 12.6. The van der Waals surface area contributed by atoms with Crippen molar-refractivity contribution >= 4 is 22.8 Å². The first-order chi connectivity index (χ1) is 15.0. The quantitative estimate of drug-likeness (QED) is 0.359. The fraction of sp³-hybridized carbons (Fsp3) is 0.192. The van der Waals surface area contributed by atoms with Gasteiger partial charge in [0.05, 0.1) is 14.2 Å². The average Bonchev–Trinajstić information content (AvgIpc) is 2.80. The van der Waals surface area contributed by atoms with Gasteiger partial charge < -0.3 is 19.1 Å². The third kappa shape index (κ3) is 5.66. The van der Waals surface area contributed by atoms with Gasteiger partial charge in [0, 0.05) is 19.7 Å². The molecule has 0 saturated carbocycles. The van der Waals surface area contributed by atoms with Crippen molar-refractivity contribution in [2.24, 2.45) is 0 Å². The van der Waals surface area contributed by atoms with Crippen molar-refractivity contribution in [3.05, 3.63) is 84.5 Å². The molecule has 0 heterocycles. The smallest absolute Gasteiger partial charge is 0.246 e. The van der Waals surface area contributed by atoms with Crippen LogP contribution in [0.2, 0.25) is 0 Å². The molecule has 0 aliphatic carbocycles. The molecule has 0 radical (unpaired) electrons. The van der Waals surface area contributed by atoms with Crippen LogP contribution in [0.1, 0.15) is 11.1 Å². The lowest BCUT2D eigenvalue weighted by molar-refractivity contribution is -0.125. The third-order valence-corrected chi connectivity index (χ3v) is 4.87. The molecule has 0 unspecified atom stereocenters. The minimum atomic E-state index is -0.0826. The molecule has 0 atom stereocenters. The Morgan fingerprint density at radius 3 is 2.48 bits per heavy atom. The predicted molar refractivity (Wildman–Crippen MR) is 125 cm³/mol. The van der Waals surface area contributed by atoms with Crippen LogP contribution in [-0.2, 0) is 11.3 Å². The van der Waals surface area contributed by atoms with E-state index < -0.39 is 0 Å². The van der Waals surface area contributed by atoms with E-state index in [-0.39, 0.29) is 5.91 Å². The number of hydrogen-bond acceptors (Lipinski definition) is 4. The summed E-state index contributed by atoms with van der Waals surface area (Å²) in [4.78, 5) is 14.3. The molecule has 3 aromatic rings. The molecular formula is C26H27NO4. The number of nitrogens with zero attached hydrogens (tertiary/aromatic N) is 1. The molecule has 31 heavy (non-hydrogen) atoms. The van der Waals surface area contributed by atoms with E-state index in [4.69, 9.17) is 14.2 Å². The van der Waals surface area contributed by atoms with Crippen LogP contribution < -0.4 is 14.2 Å². The number of methoxy groups -OCH3 is 2. The van der Waals surface area contributed by atoms with Gasteiger partial charge in [-0.15, -0.1) is 0 Å². The van der Waals surface area contributed by atoms with E-state index in [1.165, 1.54) is 0 Å². The SMILES string of the molecule is C=CCOc1ccc(/C=C/C(=O)N(C)Cc2ccc3cc(OC)ccc3c2)cc1OC. The number of likely N-dealkylation sites (N-methyl/N-ethyl adjacent to an activating group) is 1. The number of carbonyl (C=O) groups excluding carboxylic acids is 1. The van der Waals surface area contributed by atoms with Gasteiger partial charge in [-0.3, -0.25) is 4.79 Å². The molecular weight excluding hydrogens is 390 g/mol. The Morgan fingerprint density at radius 2 is 1.74 bits per heavy atom. The van der Waals surface area contributed by atoms with Gasteiger partial charge in [0.25, 0.3) is 0 Å². The van der Waals surface area contributed by atoms with E-state index in [0.717, 1.165) is 27.6 Å². The monoisotopic (exact) mass is 417 g/mol. The maximum atomic E-state index is 12.6. The Morgan fingerprint density at radius 1 is 0.968 bits per heavy atom. The summed E-state index contributed by atoms with van der Waals surface area (Å²) in [6.45, 7) is 4.56. The predicted octanol–water partition coefficient (Wildman–Crippen LogP) is 5.09. The van der Waals surface area contributed by atoms with Crippen molar-refractivity contribution in [1.29, 1.82) is 0 Å². The molecule has 5 nitrogen and oxygen atoms in total. The zero-order chi connectivity index (χ0) is 22.2. The lowest BCUT2D eigenvalue weighted by Gasteiger charge is -2.16. The molecule has 5 heteroatoms. The fourth-order valence-corrected chi connectivity index (χ4v) is 3.20. The van der Waals surface area contributed by atoms with Crippen LogP contribution in [0.5, 0.6) is 17.2 Å². The van der Waals surface area contributed by atoms with Crippen LogP contribution in [0.3, 0.4) is 0 Å². The number of rotatable bonds is 9. The van der Waals surface area contributed by atoms with E-state index in [0.29, 0.717) is 24.7 Å². The van der Waals surface area contributed by atoms with Crippen molar-refractivity contribution in [3.8, 4) is 17.2 Å². The van der Waals surface area contributed by atoms with Gasteiger partial charge in [-0.2, -0.15) is 0 Å². The molecule has 0 fully saturated rings. The molecule has 3 rings (SSSR count). The number of fused-ring (bicyclic) bond motifs is 1. The third-order valence-electron chi connectivity index (χ3n) is 4.87. The lowest BCUT2D eigenvalue weighted by Crippen LogP contribution is -2.24. The second kappa shape index (κ2) is 10.3. The summed E-state index contributed by atoms with van der Waals surface area (Å²) < 4.78 is 16.2. The highest BCUT2D eigenvalue weighted by Crippen LogP contribution is 2.28. The van der Waals surface area contributed by atoms with E-state index >= 15 is 0 Å². The topological polar surface area (TPSA) is 48.0 Å². The van der Waals surface area contributed by atoms with Gasteiger partial charge in [-0.25, -0.2) is 0 Å². The summed E-state index contributed by atoms with van der Waals surface area (Å²) in [6, 6.07) is 17.7. The van der Waals surface area contributed by atoms with Crippen LogP contribution >= 0.6 is 0 Å². The van der Waals surface area contributed by atoms with Crippen molar-refractivity contribution in [3.63, 3.8) is 0 Å². The molecule has 160 valence electrons. The first-order valence-corrected chi connectivity index (χ1v) is 9.95. The highest BCUT2D eigenvalue weighted by Gasteiger charge is 2.08. The van der Waals surface area contributed by atoms with Crippen molar-refractivity contribution in [2.45, 2.75) is 6.54 Å². The first kappa shape index (κ1) is 22.0. The number of ether oxygens (including phenoxy) is 3. The number of benzene rings is 3. The second-order valence-electron chi connectivity index (χ2n) is 7.09. The van der Waals surface area contributed by atoms with Gasteiger partial charge >= 0.3 is 0 Å². The number of carbonyl (C=O) groups is 1. The standard InChI is InChI=1S/C26H27NO4/c1-5-14-31-24-12-7-19(16-25(24)30-4)8-13-26(28)27(2)18-20-6-9-22-17-23(29-3)11-10-21(22)15-20/h5-13,15-17H,1,14,18H2,2-4H3/b13-8+. The number of amides is 1. The Bertz CT molecular complexity index is 1100. The Kier molecular flexibility index (Phi) is 7.33. The van der Waals surface area contributed by atoms with Gasteiger partial charge in [0.1, 0.15) is 12.4 Å². The Hall–Kier alpha value is -3.73. The maximum Gasteiger partial charge on any atom is 0.246 e.